The highest BCUT2D eigenvalue weighted by molar-refractivity contribution is 6.30. The lowest BCUT2D eigenvalue weighted by atomic mass is 10.1. The summed E-state index contributed by atoms with van der Waals surface area (Å²) in [7, 11) is 0. The molecule has 0 spiro atoms. The molecule has 0 saturated heterocycles. The quantitative estimate of drug-likeness (QED) is 0.360. The third-order valence-corrected chi connectivity index (χ3v) is 4.81. The number of carbonyl (C=O) groups excluding carboxylic acids is 1. The van der Waals surface area contributed by atoms with E-state index in [1.54, 1.807) is 24.3 Å². The van der Waals surface area contributed by atoms with Gasteiger partial charge in [0, 0.05) is 22.8 Å². The van der Waals surface area contributed by atoms with Crippen LogP contribution < -0.4 is 15.4 Å². The first-order valence-corrected chi connectivity index (χ1v) is 10.3. The van der Waals surface area contributed by atoms with Crippen molar-refractivity contribution < 1.29 is 22.7 Å². The standard InChI is InChI=1S/C23H17ClF3N5O2/c24-17-2-1-3-18(12-17)30-22(33)28-13-15-4-6-16(7-5-15)21-29-14-32(31-21)19-8-10-20(11-9-19)34-23(25,26)27/h1-12,14H,13H2,(H2,28,30,33). The highest BCUT2D eigenvalue weighted by Crippen LogP contribution is 2.24. The SMILES string of the molecule is O=C(NCc1ccc(-c2ncn(-c3ccc(OC(F)(F)F)cc3)n2)cc1)Nc1cccc(Cl)c1. The van der Waals surface area contributed by atoms with Gasteiger partial charge in [-0.1, -0.05) is 41.9 Å². The highest BCUT2D eigenvalue weighted by Gasteiger charge is 2.31. The Morgan fingerprint density at radius 3 is 2.44 bits per heavy atom. The van der Waals surface area contributed by atoms with E-state index in [1.165, 1.54) is 35.3 Å². The number of hydrogen-bond acceptors (Lipinski definition) is 4. The molecule has 0 fully saturated rings. The summed E-state index contributed by atoms with van der Waals surface area (Å²) < 4.78 is 42.2. The van der Waals surface area contributed by atoms with Gasteiger partial charge in [-0.25, -0.2) is 14.5 Å². The Morgan fingerprint density at radius 2 is 1.76 bits per heavy atom. The van der Waals surface area contributed by atoms with Crippen LogP contribution in [-0.2, 0) is 6.54 Å². The van der Waals surface area contributed by atoms with E-state index in [1.807, 2.05) is 24.3 Å². The molecule has 1 heterocycles. The minimum Gasteiger partial charge on any atom is -0.406 e. The fourth-order valence-electron chi connectivity index (χ4n) is 3.02. The molecule has 1 aromatic heterocycles. The number of nitrogens with zero attached hydrogens (tertiary/aromatic N) is 3. The van der Waals surface area contributed by atoms with Gasteiger partial charge in [-0.15, -0.1) is 18.3 Å². The fourth-order valence-corrected chi connectivity index (χ4v) is 3.21. The van der Waals surface area contributed by atoms with E-state index < -0.39 is 6.36 Å². The summed E-state index contributed by atoms with van der Waals surface area (Å²) in [4.78, 5) is 16.3. The molecule has 2 amide bonds. The second-order valence-corrected chi connectivity index (χ2v) is 7.51. The first-order valence-electron chi connectivity index (χ1n) is 9.93. The number of anilines is 1. The Hall–Kier alpha value is -4.05. The monoisotopic (exact) mass is 487 g/mol. The number of carbonyl (C=O) groups is 1. The summed E-state index contributed by atoms with van der Waals surface area (Å²) >= 11 is 5.90. The van der Waals surface area contributed by atoms with E-state index in [0.29, 0.717) is 28.8 Å². The average Bonchev–Trinajstić information content (AvgIpc) is 3.28. The van der Waals surface area contributed by atoms with Crippen molar-refractivity contribution >= 4 is 23.3 Å². The van der Waals surface area contributed by atoms with Gasteiger partial charge in [-0.05, 0) is 48.0 Å². The highest BCUT2D eigenvalue weighted by atomic mass is 35.5. The fraction of sp³-hybridized carbons (Fsp3) is 0.0870. The lowest BCUT2D eigenvalue weighted by Gasteiger charge is -2.09. The van der Waals surface area contributed by atoms with Crippen molar-refractivity contribution in [3.63, 3.8) is 0 Å². The summed E-state index contributed by atoms with van der Waals surface area (Å²) in [5, 5.41) is 10.4. The van der Waals surface area contributed by atoms with Gasteiger partial charge in [0.1, 0.15) is 12.1 Å². The topological polar surface area (TPSA) is 81.1 Å². The van der Waals surface area contributed by atoms with Gasteiger partial charge >= 0.3 is 12.4 Å². The molecular formula is C23H17ClF3N5O2. The van der Waals surface area contributed by atoms with Gasteiger partial charge < -0.3 is 15.4 Å². The van der Waals surface area contributed by atoms with Gasteiger partial charge in [0.25, 0.3) is 0 Å². The van der Waals surface area contributed by atoms with Crippen LogP contribution in [0.4, 0.5) is 23.7 Å². The largest absolute Gasteiger partial charge is 0.573 e. The van der Waals surface area contributed by atoms with Gasteiger partial charge in [0.05, 0.1) is 5.69 Å². The third-order valence-electron chi connectivity index (χ3n) is 4.57. The molecule has 174 valence electrons. The molecule has 0 atom stereocenters. The Balaban J connectivity index is 1.35. The van der Waals surface area contributed by atoms with E-state index in [0.717, 1.165) is 11.1 Å². The second-order valence-electron chi connectivity index (χ2n) is 7.07. The minimum absolute atomic E-state index is 0.306. The van der Waals surface area contributed by atoms with Crippen molar-refractivity contribution in [3.05, 3.63) is 89.7 Å². The molecule has 4 aromatic rings. The number of hydrogen-bond donors (Lipinski definition) is 2. The summed E-state index contributed by atoms with van der Waals surface area (Å²) in [6, 6.07) is 19.1. The molecule has 3 aromatic carbocycles. The van der Waals surface area contributed by atoms with Crippen molar-refractivity contribution in [2.45, 2.75) is 12.9 Å². The number of benzene rings is 3. The molecule has 0 aliphatic heterocycles. The number of nitrogens with one attached hydrogen (secondary N) is 2. The molecule has 0 radical (unpaired) electrons. The first-order chi connectivity index (χ1) is 16.2. The molecule has 7 nitrogen and oxygen atoms in total. The molecule has 0 bridgehead atoms. The third kappa shape index (κ3) is 6.26. The van der Waals surface area contributed by atoms with Crippen LogP contribution in [0, 0.1) is 0 Å². The number of aromatic nitrogens is 3. The maximum absolute atomic E-state index is 12.3. The maximum Gasteiger partial charge on any atom is 0.573 e. The summed E-state index contributed by atoms with van der Waals surface area (Å²) in [5.74, 6) is 0.121. The van der Waals surface area contributed by atoms with Crippen molar-refractivity contribution in [1.82, 2.24) is 20.1 Å². The van der Waals surface area contributed by atoms with Crippen molar-refractivity contribution in [1.29, 1.82) is 0 Å². The van der Waals surface area contributed by atoms with Gasteiger partial charge in [-0.3, -0.25) is 0 Å². The first kappa shape index (κ1) is 23.1. The summed E-state index contributed by atoms with van der Waals surface area (Å²) in [6.45, 7) is 0.306. The van der Waals surface area contributed by atoms with Crippen LogP contribution in [-0.4, -0.2) is 27.2 Å². The molecule has 2 N–H and O–H groups in total. The molecule has 4 rings (SSSR count). The molecule has 34 heavy (non-hydrogen) atoms. The molecule has 11 heteroatoms. The number of urea groups is 1. The maximum atomic E-state index is 12.3. The van der Waals surface area contributed by atoms with Crippen molar-refractivity contribution in [2.24, 2.45) is 0 Å². The van der Waals surface area contributed by atoms with Crippen LogP contribution in [0.1, 0.15) is 5.56 Å². The van der Waals surface area contributed by atoms with E-state index in [9.17, 15) is 18.0 Å². The zero-order valence-electron chi connectivity index (χ0n) is 17.4. The van der Waals surface area contributed by atoms with Gasteiger partial charge in [-0.2, -0.15) is 0 Å². The van der Waals surface area contributed by atoms with Crippen molar-refractivity contribution in [3.8, 4) is 22.8 Å². The molecule has 0 saturated carbocycles. The van der Waals surface area contributed by atoms with Crippen LogP contribution >= 0.6 is 11.6 Å². The van der Waals surface area contributed by atoms with Crippen LogP contribution in [0.25, 0.3) is 17.1 Å². The lowest BCUT2D eigenvalue weighted by molar-refractivity contribution is -0.274. The lowest BCUT2D eigenvalue weighted by Crippen LogP contribution is -2.28. The van der Waals surface area contributed by atoms with E-state index in [-0.39, 0.29) is 11.8 Å². The van der Waals surface area contributed by atoms with Gasteiger partial charge in [0.15, 0.2) is 5.82 Å². The van der Waals surface area contributed by atoms with Gasteiger partial charge in [0.2, 0.25) is 0 Å². The normalized spacial score (nSPS) is 11.2. The van der Waals surface area contributed by atoms with Crippen LogP contribution in [0.15, 0.2) is 79.1 Å². The Labute approximate surface area is 197 Å². The molecule has 0 aliphatic carbocycles. The molecule has 0 unspecified atom stereocenters. The Bertz CT molecular complexity index is 1280. The summed E-state index contributed by atoms with van der Waals surface area (Å²) in [6.07, 6.45) is -3.28. The van der Waals surface area contributed by atoms with Crippen LogP contribution in [0.5, 0.6) is 5.75 Å². The predicted octanol–water partition coefficient (Wildman–Crippen LogP) is 5.81. The second kappa shape index (κ2) is 9.84. The Morgan fingerprint density at radius 1 is 1.03 bits per heavy atom. The van der Waals surface area contributed by atoms with E-state index >= 15 is 0 Å². The van der Waals surface area contributed by atoms with Crippen LogP contribution in [0.2, 0.25) is 5.02 Å². The summed E-state index contributed by atoms with van der Waals surface area (Å²) in [5.41, 5.74) is 2.72. The zero-order chi connectivity index (χ0) is 24.1. The number of alkyl halides is 3. The number of rotatable bonds is 6. The van der Waals surface area contributed by atoms with E-state index in [4.69, 9.17) is 11.6 Å². The smallest absolute Gasteiger partial charge is 0.406 e. The van der Waals surface area contributed by atoms with Crippen LogP contribution in [0.3, 0.4) is 0 Å². The van der Waals surface area contributed by atoms with E-state index in [2.05, 4.69) is 25.5 Å². The van der Waals surface area contributed by atoms with Crippen molar-refractivity contribution in [2.75, 3.05) is 5.32 Å². The minimum atomic E-state index is -4.75. The molecule has 0 aliphatic rings. The number of ether oxygens (including phenoxy) is 1. The predicted molar refractivity (Wildman–Crippen MR) is 121 cm³/mol. The zero-order valence-corrected chi connectivity index (χ0v) is 18.1. The average molecular weight is 488 g/mol. The Kier molecular flexibility index (Phi) is 6.69. The number of amides is 2. The number of halogens is 4. The molecular weight excluding hydrogens is 471 g/mol.